The van der Waals surface area contributed by atoms with Gasteiger partial charge in [-0.05, 0) is 95.4 Å². The van der Waals surface area contributed by atoms with E-state index in [1.165, 1.54) is 12.1 Å². The second-order valence-corrected chi connectivity index (χ2v) is 11.8. The van der Waals surface area contributed by atoms with E-state index in [1.54, 1.807) is 12.1 Å². The summed E-state index contributed by atoms with van der Waals surface area (Å²) in [5.41, 5.74) is 4.69. The molecule has 0 bridgehead atoms. The molecular formula is C33H34BrF2NO4. The standard InChI is InChI=1S/C33H34BrF2NO4/c1-21-27-16-30(40-31-4-2-3-14-39-31)28(34)17-29(27)41-33(32(21)23-5-9-25(36)10-6-23)24-7-11-26(12-8-24)38-15-13-37-19-22(18-35)20-37/h5-12,16-17,22,29,31H,2-4,13-15,18-20H2,1H3. The Balaban J connectivity index is 1.27. The highest BCUT2D eigenvalue weighted by molar-refractivity contribution is 9.12. The summed E-state index contributed by atoms with van der Waals surface area (Å²) in [5, 5.41) is 0. The Morgan fingerprint density at radius 3 is 2.49 bits per heavy atom. The van der Waals surface area contributed by atoms with Crippen LogP contribution < -0.4 is 4.74 Å². The third-order valence-corrected chi connectivity index (χ3v) is 8.63. The first-order valence-corrected chi connectivity index (χ1v) is 15.0. The highest BCUT2D eigenvalue weighted by Gasteiger charge is 2.33. The maximum Gasteiger partial charge on any atom is 0.199 e. The first-order valence-electron chi connectivity index (χ1n) is 14.3. The summed E-state index contributed by atoms with van der Waals surface area (Å²) in [6.07, 6.45) is 6.45. The molecule has 5 nitrogen and oxygen atoms in total. The maximum atomic E-state index is 13.9. The van der Waals surface area contributed by atoms with Crippen LogP contribution in [0.15, 0.2) is 82.1 Å². The summed E-state index contributed by atoms with van der Waals surface area (Å²) in [6, 6.07) is 14.4. The Morgan fingerprint density at radius 2 is 1.78 bits per heavy atom. The molecule has 0 aromatic heterocycles. The fourth-order valence-corrected chi connectivity index (χ4v) is 6.13. The van der Waals surface area contributed by atoms with Crippen LogP contribution in [-0.4, -0.2) is 56.8 Å². The summed E-state index contributed by atoms with van der Waals surface area (Å²) in [7, 11) is 0. The maximum absolute atomic E-state index is 13.9. The molecule has 41 heavy (non-hydrogen) atoms. The minimum absolute atomic E-state index is 0.173. The number of nitrogens with zero attached hydrogens (tertiary/aromatic N) is 1. The molecule has 2 atom stereocenters. The Morgan fingerprint density at radius 1 is 1.02 bits per heavy atom. The summed E-state index contributed by atoms with van der Waals surface area (Å²) in [6.45, 7) is 5.46. The normalized spacial score (nSPS) is 23.3. The predicted octanol–water partition coefficient (Wildman–Crippen LogP) is 7.41. The van der Waals surface area contributed by atoms with Crippen molar-refractivity contribution in [1.29, 1.82) is 0 Å². The van der Waals surface area contributed by atoms with Gasteiger partial charge in [0.1, 0.15) is 35.8 Å². The van der Waals surface area contributed by atoms with E-state index in [0.29, 0.717) is 19.0 Å². The molecule has 2 fully saturated rings. The third-order valence-electron chi connectivity index (χ3n) is 7.98. The second kappa shape index (κ2) is 12.5. The van der Waals surface area contributed by atoms with Crippen LogP contribution in [0.5, 0.6) is 5.75 Å². The average Bonchev–Trinajstić information content (AvgIpc) is 2.96. The number of hydrogen-bond acceptors (Lipinski definition) is 5. The highest BCUT2D eigenvalue weighted by Crippen LogP contribution is 2.45. The summed E-state index contributed by atoms with van der Waals surface area (Å²) >= 11 is 3.68. The third kappa shape index (κ3) is 6.30. The number of likely N-dealkylation sites (tertiary alicyclic amines) is 1. The molecule has 2 aromatic rings. The zero-order valence-corrected chi connectivity index (χ0v) is 24.7. The van der Waals surface area contributed by atoms with Gasteiger partial charge in [0.2, 0.25) is 0 Å². The van der Waals surface area contributed by atoms with Crippen LogP contribution in [0.4, 0.5) is 8.78 Å². The number of rotatable bonds is 9. The van der Waals surface area contributed by atoms with E-state index in [2.05, 4.69) is 27.8 Å². The van der Waals surface area contributed by atoms with Gasteiger partial charge in [0.15, 0.2) is 6.29 Å². The summed E-state index contributed by atoms with van der Waals surface area (Å²) in [5.74, 6) is 2.08. The van der Waals surface area contributed by atoms with Gasteiger partial charge in [-0.2, -0.15) is 0 Å². The second-order valence-electron chi connectivity index (χ2n) is 10.9. The Labute approximate surface area is 248 Å². The van der Waals surface area contributed by atoms with E-state index in [4.69, 9.17) is 18.9 Å². The van der Waals surface area contributed by atoms with E-state index >= 15 is 0 Å². The first-order chi connectivity index (χ1) is 20.0. The van der Waals surface area contributed by atoms with Crippen molar-refractivity contribution in [3.8, 4) is 5.75 Å². The highest BCUT2D eigenvalue weighted by atomic mass is 79.9. The van der Waals surface area contributed by atoms with Crippen molar-refractivity contribution in [2.75, 3.05) is 39.5 Å². The van der Waals surface area contributed by atoms with Crippen molar-refractivity contribution in [3.63, 3.8) is 0 Å². The minimum atomic E-state index is -0.316. The van der Waals surface area contributed by atoms with Crippen LogP contribution in [0.2, 0.25) is 0 Å². The SMILES string of the molecule is CC1=C2C=C(OC3CCCCO3)C(Br)=CC2OC(c2ccc(OCCN3CC(CF)C3)cc2)=C1c1ccc(F)cc1. The topological polar surface area (TPSA) is 40.2 Å². The van der Waals surface area contributed by atoms with Crippen molar-refractivity contribution in [2.45, 2.75) is 38.6 Å². The Hall–Kier alpha value is -2.94. The summed E-state index contributed by atoms with van der Waals surface area (Å²) in [4.78, 5) is 2.20. The molecule has 3 heterocycles. The summed E-state index contributed by atoms with van der Waals surface area (Å²) < 4.78 is 52.0. The molecule has 2 unspecified atom stereocenters. The molecule has 8 heteroatoms. The van der Waals surface area contributed by atoms with Gasteiger partial charge in [-0.1, -0.05) is 12.1 Å². The molecule has 0 spiro atoms. The molecular weight excluding hydrogens is 592 g/mol. The number of fused-ring (bicyclic) bond motifs is 1. The lowest BCUT2D eigenvalue weighted by atomic mass is 9.86. The smallest absolute Gasteiger partial charge is 0.199 e. The van der Waals surface area contributed by atoms with Crippen molar-refractivity contribution < 1.29 is 27.7 Å². The van der Waals surface area contributed by atoms with E-state index in [1.807, 2.05) is 36.4 Å². The van der Waals surface area contributed by atoms with Gasteiger partial charge in [0.25, 0.3) is 0 Å². The van der Waals surface area contributed by atoms with Gasteiger partial charge in [-0.3, -0.25) is 9.29 Å². The van der Waals surface area contributed by atoms with Gasteiger partial charge < -0.3 is 18.9 Å². The predicted molar refractivity (Wildman–Crippen MR) is 158 cm³/mol. The number of allylic oxidation sites excluding steroid dienone is 3. The van der Waals surface area contributed by atoms with Crippen LogP contribution in [0, 0.1) is 11.7 Å². The average molecular weight is 627 g/mol. The first kappa shape index (κ1) is 28.2. The largest absolute Gasteiger partial charge is 0.492 e. The quantitative estimate of drug-likeness (QED) is 0.290. The lowest BCUT2D eigenvalue weighted by Gasteiger charge is -2.37. The number of benzene rings is 2. The fourth-order valence-electron chi connectivity index (χ4n) is 5.68. The van der Waals surface area contributed by atoms with Crippen LogP contribution in [0.3, 0.4) is 0 Å². The van der Waals surface area contributed by atoms with E-state index in [0.717, 1.165) is 82.7 Å². The van der Waals surface area contributed by atoms with Crippen molar-refractivity contribution >= 4 is 27.3 Å². The molecule has 0 radical (unpaired) electrons. The van der Waals surface area contributed by atoms with Gasteiger partial charge >= 0.3 is 0 Å². The molecule has 0 amide bonds. The number of halogens is 3. The van der Waals surface area contributed by atoms with Gasteiger partial charge in [-0.25, -0.2) is 4.39 Å². The van der Waals surface area contributed by atoms with E-state index in [-0.39, 0.29) is 30.8 Å². The lowest BCUT2D eigenvalue weighted by molar-refractivity contribution is -0.136. The molecule has 4 aliphatic rings. The van der Waals surface area contributed by atoms with Gasteiger partial charge in [0, 0.05) is 48.7 Å². The van der Waals surface area contributed by atoms with E-state index < -0.39 is 0 Å². The van der Waals surface area contributed by atoms with Crippen LogP contribution in [0.25, 0.3) is 11.3 Å². The molecule has 0 N–H and O–H groups in total. The zero-order valence-electron chi connectivity index (χ0n) is 23.1. The minimum Gasteiger partial charge on any atom is -0.492 e. The molecule has 1 aliphatic carbocycles. The van der Waals surface area contributed by atoms with Crippen molar-refractivity contribution in [2.24, 2.45) is 5.92 Å². The monoisotopic (exact) mass is 625 g/mol. The molecule has 3 aliphatic heterocycles. The molecule has 6 rings (SSSR count). The van der Waals surface area contributed by atoms with Gasteiger partial charge in [0.05, 0.1) is 17.8 Å². The number of ether oxygens (including phenoxy) is 4. The fraction of sp³-hybridized carbons (Fsp3) is 0.394. The Kier molecular flexibility index (Phi) is 8.60. The number of hydrogen-bond donors (Lipinski definition) is 0. The van der Waals surface area contributed by atoms with E-state index in [9.17, 15) is 8.78 Å². The van der Waals surface area contributed by atoms with Crippen molar-refractivity contribution in [1.82, 2.24) is 4.90 Å². The van der Waals surface area contributed by atoms with Crippen LogP contribution in [-0.2, 0) is 14.2 Å². The van der Waals surface area contributed by atoms with Crippen LogP contribution >= 0.6 is 15.9 Å². The molecule has 2 saturated heterocycles. The number of alkyl halides is 1. The van der Waals surface area contributed by atoms with Crippen molar-refractivity contribution in [3.05, 3.63) is 99.0 Å². The lowest BCUT2D eigenvalue weighted by Crippen LogP contribution is -2.49. The Bertz CT molecular complexity index is 1370. The zero-order chi connectivity index (χ0) is 28.3. The molecule has 0 saturated carbocycles. The van der Waals surface area contributed by atoms with Gasteiger partial charge in [-0.15, -0.1) is 0 Å². The molecule has 2 aromatic carbocycles. The molecule has 216 valence electrons. The van der Waals surface area contributed by atoms with Crippen LogP contribution in [0.1, 0.15) is 37.3 Å².